The highest BCUT2D eigenvalue weighted by molar-refractivity contribution is 5.89. The van der Waals surface area contributed by atoms with E-state index in [1.54, 1.807) is 0 Å². The van der Waals surface area contributed by atoms with Crippen LogP contribution in [0.15, 0.2) is 24.3 Å². The predicted octanol–water partition coefficient (Wildman–Crippen LogP) is 4.32. The fourth-order valence-electron chi connectivity index (χ4n) is 1.57. The van der Waals surface area contributed by atoms with Crippen LogP contribution in [0.5, 0.6) is 5.75 Å². The van der Waals surface area contributed by atoms with Gasteiger partial charge in [0, 0.05) is 0 Å². The van der Waals surface area contributed by atoms with E-state index in [-0.39, 0.29) is 11.3 Å². The zero-order chi connectivity index (χ0) is 15.0. The summed E-state index contributed by atoms with van der Waals surface area (Å²) in [7, 11) is 0. The summed E-state index contributed by atoms with van der Waals surface area (Å²) in [6, 6.07) is 4.66. The highest BCUT2D eigenvalue weighted by atomic mass is 19.4. The lowest BCUT2D eigenvalue weighted by molar-refractivity contribution is -0.274. The first-order chi connectivity index (χ1) is 9.42. The van der Waals surface area contributed by atoms with E-state index in [9.17, 15) is 18.0 Å². The molecule has 0 radical (unpaired) electrons. The zero-order valence-corrected chi connectivity index (χ0v) is 11.2. The predicted molar refractivity (Wildman–Crippen MR) is 67.5 cm³/mol. The van der Waals surface area contributed by atoms with Crippen LogP contribution in [0.25, 0.3) is 0 Å². The molecule has 0 amide bonds. The van der Waals surface area contributed by atoms with Crippen molar-refractivity contribution in [1.82, 2.24) is 0 Å². The first-order valence-corrected chi connectivity index (χ1v) is 6.45. The molecule has 0 aromatic heterocycles. The van der Waals surface area contributed by atoms with Crippen molar-refractivity contribution in [2.24, 2.45) is 0 Å². The van der Waals surface area contributed by atoms with Gasteiger partial charge in [0.2, 0.25) is 0 Å². The molecule has 3 nitrogen and oxygen atoms in total. The molecule has 0 N–H and O–H groups in total. The molecule has 0 aliphatic carbocycles. The molecule has 0 spiro atoms. The summed E-state index contributed by atoms with van der Waals surface area (Å²) in [5, 5.41) is 0. The van der Waals surface area contributed by atoms with E-state index < -0.39 is 12.3 Å². The Labute approximate surface area is 115 Å². The minimum Gasteiger partial charge on any atom is -0.462 e. The lowest BCUT2D eigenvalue weighted by Crippen LogP contribution is -2.17. The molecule has 20 heavy (non-hydrogen) atoms. The van der Waals surface area contributed by atoms with Gasteiger partial charge in [-0.15, -0.1) is 13.2 Å². The number of esters is 1. The average Bonchev–Trinajstić information content (AvgIpc) is 2.37. The number of carbonyl (C=O) groups excluding carboxylic acids is 1. The van der Waals surface area contributed by atoms with Crippen LogP contribution in [0.2, 0.25) is 0 Å². The molecule has 1 aromatic rings. The number of ether oxygens (including phenoxy) is 2. The van der Waals surface area contributed by atoms with Gasteiger partial charge in [0.1, 0.15) is 5.75 Å². The molecule has 0 atom stereocenters. The Kier molecular flexibility index (Phi) is 6.35. The summed E-state index contributed by atoms with van der Waals surface area (Å²) in [6.45, 7) is 2.40. The van der Waals surface area contributed by atoms with Crippen molar-refractivity contribution in [3.63, 3.8) is 0 Å². The maximum absolute atomic E-state index is 12.0. The molecule has 1 rings (SSSR count). The smallest absolute Gasteiger partial charge is 0.462 e. The average molecular weight is 290 g/mol. The van der Waals surface area contributed by atoms with Gasteiger partial charge in [-0.1, -0.05) is 26.2 Å². The van der Waals surface area contributed by atoms with E-state index in [0.717, 1.165) is 37.8 Å². The van der Waals surface area contributed by atoms with E-state index in [2.05, 4.69) is 11.7 Å². The number of halogens is 3. The minimum atomic E-state index is -4.73. The maximum atomic E-state index is 12.0. The maximum Gasteiger partial charge on any atom is 0.573 e. The first-order valence-electron chi connectivity index (χ1n) is 6.45. The monoisotopic (exact) mass is 290 g/mol. The lowest BCUT2D eigenvalue weighted by atomic mass is 10.2. The van der Waals surface area contributed by atoms with E-state index >= 15 is 0 Å². The van der Waals surface area contributed by atoms with Gasteiger partial charge in [-0.3, -0.25) is 0 Å². The number of hydrogen-bond donors (Lipinski definition) is 0. The molecule has 6 heteroatoms. The van der Waals surface area contributed by atoms with Crippen molar-refractivity contribution in [3.8, 4) is 5.75 Å². The molecule has 0 fully saturated rings. The van der Waals surface area contributed by atoms with E-state index in [1.807, 2.05) is 0 Å². The van der Waals surface area contributed by atoms with Crippen molar-refractivity contribution in [1.29, 1.82) is 0 Å². The van der Waals surface area contributed by atoms with Gasteiger partial charge >= 0.3 is 12.3 Å². The van der Waals surface area contributed by atoms with Gasteiger partial charge in [0.15, 0.2) is 0 Å². The van der Waals surface area contributed by atoms with Crippen LogP contribution in [-0.2, 0) is 4.74 Å². The molecular weight excluding hydrogens is 273 g/mol. The number of alkyl halides is 3. The Bertz CT molecular complexity index is 413. The number of hydrogen-bond acceptors (Lipinski definition) is 3. The number of unbranched alkanes of at least 4 members (excludes halogenated alkanes) is 3. The summed E-state index contributed by atoms with van der Waals surface area (Å²) >= 11 is 0. The highest BCUT2D eigenvalue weighted by Gasteiger charge is 2.31. The van der Waals surface area contributed by atoms with Crippen LogP contribution < -0.4 is 4.74 Å². The largest absolute Gasteiger partial charge is 0.573 e. The second-order valence-corrected chi connectivity index (χ2v) is 4.27. The van der Waals surface area contributed by atoms with Crippen molar-refractivity contribution < 1.29 is 27.4 Å². The molecule has 0 bridgehead atoms. The van der Waals surface area contributed by atoms with E-state index in [0.29, 0.717) is 6.61 Å². The Morgan fingerprint density at radius 3 is 2.30 bits per heavy atom. The van der Waals surface area contributed by atoms with Crippen LogP contribution in [0, 0.1) is 0 Å². The first kappa shape index (κ1) is 16.3. The number of rotatable bonds is 7. The summed E-state index contributed by atoms with van der Waals surface area (Å²) in [6.07, 6.45) is -0.784. The van der Waals surface area contributed by atoms with Crippen molar-refractivity contribution in [2.75, 3.05) is 6.61 Å². The summed E-state index contributed by atoms with van der Waals surface area (Å²) in [4.78, 5) is 11.6. The molecule has 0 heterocycles. The van der Waals surface area contributed by atoms with Crippen LogP contribution in [-0.4, -0.2) is 18.9 Å². The number of benzene rings is 1. The second-order valence-electron chi connectivity index (χ2n) is 4.27. The zero-order valence-electron chi connectivity index (χ0n) is 11.2. The highest BCUT2D eigenvalue weighted by Crippen LogP contribution is 2.22. The van der Waals surface area contributed by atoms with Gasteiger partial charge in [-0.2, -0.15) is 0 Å². The lowest BCUT2D eigenvalue weighted by Gasteiger charge is -2.09. The van der Waals surface area contributed by atoms with Crippen molar-refractivity contribution in [3.05, 3.63) is 29.8 Å². The molecule has 112 valence electrons. The molecule has 0 aliphatic rings. The Morgan fingerprint density at radius 1 is 1.10 bits per heavy atom. The van der Waals surface area contributed by atoms with Crippen LogP contribution in [0.4, 0.5) is 13.2 Å². The minimum absolute atomic E-state index is 0.204. The van der Waals surface area contributed by atoms with E-state index in [1.165, 1.54) is 12.1 Å². The van der Waals surface area contributed by atoms with Crippen LogP contribution in [0.3, 0.4) is 0 Å². The topological polar surface area (TPSA) is 35.5 Å². The Balaban J connectivity index is 2.41. The quantitative estimate of drug-likeness (QED) is 0.554. The molecule has 1 aromatic carbocycles. The van der Waals surface area contributed by atoms with Gasteiger partial charge in [0.25, 0.3) is 0 Å². The molecule has 0 aliphatic heterocycles. The van der Waals surface area contributed by atoms with Crippen LogP contribution >= 0.6 is 0 Å². The Hall–Kier alpha value is -1.72. The van der Waals surface area contributed by atoms with Gasteiger partial charge in [0.05, 0.1) is 12.2 Å². The van der Waals surface area contributed by atoms with Crippen molar-refractivity contribution >= 4 is 5.97 Å². The second kappa shape index (κ2) is 7.77. The normalized spacial score (nSPS) is 11.2. The fourth-order valence-corrected chi connectivity index (χ4v) is 1.57. The third-order valence-electron chi connectivity index (χ3n) is 2.55. The SMILES string of the molecule is CCCCCCOC(=O)c1ccc(OC(F)(F)F)cc1. The third-order valence-corrected chi connectivity index (χ3v) is 2.55. The fraction of sp³-hybridized carbons (Fsp3) is 0.500. The van der Waals surface area contributed by atoms with Gasteiger partial charge < -0.3 is 9.47 Å². The molecule has 0 saturated heterocycles. The summed E-state index contributed by atoms with van der Waals surface area (Å²) in [5.41, 5.74) is 0.204. The van der Waals surface area contributed by atoms with E-state index in [4.69, 9.17) is 4.74 Å². The number of carbonyl (C=O) groups is 1. The van der Waals surface area contributed by atoms with Crippen LogP contribution in [0.1, 0.15) is 43.0 Å². The standard InChI is InChI=1S/C14H17F3O3/c1-2-3-4-5-10-19-13(18)11-6-8-12(9-7-11)20-14(15,16)17/h6-9H,2-5,10H2,1H3. The third kappa shape index (κ3) is 6.45. The van der Waals surface area contributed by atoms with Gasteiger partial charge in [-0.05, 0) is 30.7 Å². The summed E-state index contributed by atoms with van der Waals surface area (Å²) < 4.78 is 44.6. The molecule has 0 saturated carbocycles. The summed E-state index contributed by atoms with van der Waals surface area (Å²) in [5.74, 6) is -0.906. The van der Waals surface area contributed by atoms with Gasteiger partial charge in [-0.25, -0.2) is 4.79 Å². The molecular formula is C14H17F3O3. The van der Waals surface area contributed by atoms with Crippen molar-refractivity contribution in [2.45, 2.75) is 39.0 Å². The Morgan fingerprint density at radius 2 is 1.75 bits per heavy atom. The molecule has 0 unspecified atom stereocenters.